The van der Waals surface area contributed by atoms with Gasteiger partial charge in [-0.15, -0.1) is 10.2 Å². The number of aryl methyl sites for hydroxylation is 2. The summed E-state index contributed by atoms with van der Waals surface area (Å²) in [5, 5.41) is 13.4. The first-order chi connectivity index (χ1) is 15.2. The van der Waals surface area contributed by atoms with Crippen molar-refractivity contribution in [2.75, 3.05) is 0 Å². The van der Waals surface area contributed by atoms with E-state index in [1.807, 2.05) is 56.4 Å². The van der Waals surface area contributed by atoms with E-state index in [1.54, 1.807) is 0 Å². The highest BCUT2D eigenvalue weighted by atomic mass is 16.5. The van der Waals surface area contributed by atoms with E-state index in [4.69, 9.17) is 4.52 Å². The number of rotatable bonds is 3. The fourth-order valence-corrected chi connectivity index (χ4v) is 4.26. The third kappa shape index (κ3) is 2.79. The van der Waals surface area contributed by atoms with Gasteiger partial charge in [-0.2, -0.15) is 0 Å². The van der Waals surface area contributed by atoms with Gasteiger partial charge >= 0.3 is 0 Å². The van der Waals surface area contributed by atoms with Gasteiger partial charge in [0.2, 0.25) is 0 Å². The second kappa shape index (κ2) is 6.74. The molecule has 0 spiro atoms. The topological polar surface area (TPSA) is 69.6 Å². The number of hydrogen-bond acceptors (Lipinski definition) is 5. The standard InChI is InChI=1S/C25H19N5O/c1-15-12-19(10-11-26-15)18-8-9-20-14-30-24(21(20)13-18)27-28-25(30)22-16(2)31-29-23(22)17-6-4-3-5-7-17/h3-13H,14H2,1-2H3. The molecule has 5 aromatic rings. The number of nitrogens with zero attached hydrogens (tertiary/aromatic N) is 5. The quantitative estimate of drug-likeness (QED) is 0.399. The van der Waals surface area contributed by atoms with Crippen LogP contribution >= 0.6 is 0 Å². The highest BCUT2D eigenvalue weighted by Gasteiger charge is 2.29. The van der Waals surface area contributed by atoms with Gasteiger partial charge in [0.15, 0.2) is 11.6 Å². The van der Waals surface area contributed by atoms with E-state index in [1.165, 1.54) is 5.56 Å². The number of pyridine rings is 1. The Hall–Kier alpha value is -4.06. The van der Waals surface area contributed by atoms with Crippen LogP contribution in [0.4, 0.5) is 0 Å². The van der Waals surface area contributed by atoms with Gasteiger partial charge in [-0.3, -0.25) is 4.98 Å². The van der Waals surface area contributed by atoms with Crippen LogP contribution in [0.25, 0.3) is 45.2 Å². The Labute approximate surface area is 179 Å². The molecule has 4 heterocycles. The zero-order valence-corrected chi connectivity index (χ0v) is 17.2. The molecule has 6 heteroatoms. The minimum Gasteiger partial charge on any atom is -0.360 e. The van der Waals surface area contributed by atoms with Crippen molar-refractivity contribution < 1.29 is 4.52 Å². The van der Waals surface area contributed by atoms with Crippen molar-refractivity contribution >= 4 is 0 Å². The molecule has 0 amide bonds. The van der Waals surface area contributed by atoms with Gasteiger partial charge in [-0.1, -0.05) is 47.6 Å². The van der Waals surface area contributed by atoms with Crippen molar-refractivity contribution in [3.05, 3.63) is 83.9 Å². The SMILES string of the molecule is Cc1cc(-c2ccc3c(c2)-c2nnc(-c4c(-c5ccccc5)noc4C)n2C3)ccn1. The molecule has 0 N–H and O–H groups in total. The molecule has 1 aliphatic heterocycles. The third-order valence-electron chi connectivity index (χ3n) is 5.79. The van der Waals surface area contributed by atoms with E-state index in [-0.39, 0.29) is 0 Å². The maximum atomic E-state index is 5.56. The van der Waals surface area contributed by atoms with Crippen LogP contribution in [0, 0.1) is 13.8 Å². The molecule has 0 bridgehead atoms. The molecule has 150 valence electrons. The highest BCUT2D eigenvalue weighted by Crippen LogP contribution is 2.40. The number of aromatic nitrogens is 5. The van der Waals surface area contributed by atoms with Gasteiger partial charge < -0.3 is 9.09 Å². The maximum absolute atomic E-state index is 5.56. The molecule has 0 radical (unpaired) electrons. The molecule has 0 fully saturated rings. The van der Waals surface area contributed by atoms with Gasteiger partial charge in [0.25, 0.3) is 0 Å². The Balaban J connectivity index is 1.47. The van der Waals surface area contributed by atoms with Crippen LogP contribution in [-0.4, -0.2) is 24.9 Å². The highest BCUT2D eigenvalue weighted by molar-refractivity contribution is 5.81. The molecule has 0 saturated heterocycles. The summed E-state index contributed by atoms with van der Waals surface area (Å²) in [5.74, 6) is 2.39. The lowest BCUT2D eigenvalue weighted by Gasteiger charge is -2.05. The second-order valence-corrected chi connectivity index (χ2v) is 7.82. The predicted molar refractivity (Wildman–Crippen MR) is 118 cm³/mol. The molecule has 2 aromatic carbocycles. The first-order valence-electron chi connectivity index (χ1n) is 10.2. The molecule has 1 aliphatic rings. The largest absolute Gasteiger partial charge is 0.360 e. The fourth-order valence-electron chi connectivity index (χ4n) is 4.26. The van der Waals surface area contributed by atoms with Crippen molar-refractivity contribution in [1.29, 1.82) is 0 Å². The lowest BCUT2D eigenvalue weighted by molar-refractivity contribution is 0.400. The molecule has 3 aromatic heterocycles. The maximum Gasteiger partial charge on any atom is 0.170 e. The van der Waals surface area contributed by atoms with Crippen LogP contribution in [0.15, 0.2) is 71.4 Å². The smallest absolute Gasteiger partial charge is 0.170 e. The zero-order chi connectivity index (χ0) is 20.9. The average Bonchev–Trinajstić information content (AvgIpc) is 3.47. The summed E-state index contributed by atoms with van der Waals surface area (Å²) in [6.45, 7) is 4.65. The van der Waals surface area contributed by atoms with Crippen LogP contribution in [0.2, 0.25) is 0 Å². The molecule has 6 nitrogen and oxygen atoms in total. The summed E-state index contributed by atoms with van der Waals surface area (Å²) in [5.41, 5.74) is 8.32. The summed E-state index contributed by atoms with van der Waals surface area (Å²) in [6, 6.07) is 20.7. The molecule has 0 saturated carbocycles. The van der Waals surface area contributed by atoms with Crippen LogP contribution in [0.1, 0.15) is 17.0 Å². The molecule has 0 unspecified atom stereocenters. The minimum absolute atomic E-state index is 0.724. The fraction of sp³-hybridized carbons (Fsp3) is 0.120. The Bertz CT molecular complexity index is 1430. The molecular weight excluding hydrogens is 386 g/mol. The second-order valence-electron chi connectivity index (χ2n) is 7.82. The van der Waals surface area contributed by atoms with Crippen LogP contribution in [-0.2, 0) is 6.54 Å². The zero-order valence-electron chi connectivity index (χ0n) is 17.2. The number of hydrogen-bond donors (Lipinski definition) is 0. The summed E-state index contributed by atoms with van der Waals surface area (Å²) in [4.78, 5) is 4.31. The minimum atomic E-state index is 0.724. The van der Waals surface area contributed by atoms with Gasteiger partial charge in [0.1, 0.15) is 11.5 Å². The normalized spacial score (nSPS) is 12.1. The van der Waals surface area contributed by atoms with Crippen molar-refractivity contribution in [1.82, 2.24) is 24.9 Å². The van der Waals surface area contributed by atoms with E-state index in [0.717, 1.165) is 63.2 Å². The molecule has 0 atom stereocenters. The van der Waals surface area contributed by atoms with Crippen LogP contribution < -0.4 is 0 Å². The first-order valence-corrected chi connectivity index (χ1v) is 10.2. The Kier molecular flexibility index (Phi) is 3.86. The Morgan fingerprint density at radius 2 is 1.65 bits per heavy atom. The van der Waals surface area contributed by atoms with Gasteiger partial charge in [0.05, 0.1) is 12.1 Å². The molecule has 31 heavy (non-hydrogen) atoms. The van der Waals surface area contributed by atoms with Crippen LogP contribution in [0.3, 0.4) is 0 Å². The van der Waals surface area contributed by atoms with Crippen LogP contribution in [0.5, 0.6) is 0 Å². The van der Waals surface area contributed by atoms with Crippen molar-refractivity contribution in [2.24, 2.45) is 0 Å². The van der Waals surface area contributed by atoms with Crippen molar-refractivity contribution in [2.45, 2.75) is 20.4 Å². The van der Waals surface area contributed by atoms with Gasteiger partial charge in [-0.05, 0) is 48.7 Å². The summed E-state index contributed by atoms with van der Waals surface area (Å²) in [7, 11) is 0. The van der Waals surface area contributed by atoms with Gasteiger partial charge in [-0.25, -0.2) is 0 Å². The van der Waals surface area contributed by atoms with E-state index < -0.39 is 0 Å². The van der Waals surface area contributed by atoms with Gasteiger partial charge in [0, 0.05) is 23.0 Å². The van der Waals surface area contributed by atoms with E-state index >= 15 is 0 Å². The summed E-state index contributed by atoms with van der Waals surface area (Å²) >= 11 is 0. The van der Waals surface area contributed by atoms with E-state index in [2.05, 4.69) is 49.2 Å². The molecular formula is C25H19N5O. The Morgan fingerprint density at radius 1 is 0.839 bits per heavy atom. The van der Waals surface area contributed by atoms with E-state index in [0.29, 0.717) is 0 Å². The number of benzene rings is 2. The predicted octanol–water partition coefficient (Wildman–Crippen LogP) is 5.31. The first kappa shape index (κ1) is 17.8. The summed E-state index contributed by atoms with van der Waals surface area (Å²) in [6.07, 6.45) is 1.85. The lowest BCUT2D eigenvalue weighted by Crippen LogP contribution is -1.98. The van der Waals surface area contributed by atoms with Crippen molar-refractivity contribution in [3.63, 3.8) is 0 Å². The Morgan fingerprint density at radius 3 is 2.48 bits per heavy atom. The molecule has 6 rings (SSSR count). The summed E-state index contributed by atoms with van der Waals surface area (Å²) < 4.78 is 7.71. The molecule has 0 aliphatic carbocycles. The van der Waals surface area contributed by atoms with Crippen molar-refractivity contribution in [3.8, 4) is 45.2 Å². The lowest BCUT2D eigenvalue weighted by atomic mass is 10.0. The average molecular weight is 405 g/mol. The third-order valence-corrected chi connectivity index (χ3v) is 5.79. The number of fused-ring (bicyclic) bond motifs is 3. The van der Waals surface area contributed by atoms with E-state index in [9.17, 15) is 0 Å². The monoisotopic (exact) mass is 405 g/mol.